The Balaban J connectivity index is 2.29. The van der Waals surface area contributed by atoms with Crippen LogP contribution in [-0.4, -0.2) is 16.3 Å². The predicted octanol–water partition coefficient (Wildman–Crippen LogP) is 2.03. The van der Waals surface area contributed by atoms with Gasteiger partial charge in [0, 0.05) is 17.6 Å². The fraction of sp³-hybridized carbons (Fsp3) is 0.182. The molecule has 15 heavy (non-hydrogen) atoms. The van der Waals surface area contributed by atoms with E-state index in [2.05, 4.69) is 5.10 Å². The Labute approximate surface area is 93.5 Å². The van der Waals surface area contributed by atoms with E-state index in [1.165, 1.54) is 0 Å². The predicted molar refractivity (Wildman–Crippen MR) is 61.3 cm³/mol. The van der Waals surface area contributed by atoms with E-state index >= 15 is 0 Å². The summed E-state index contributed by atoms with van der Waals surface area (Å²) in [4.78, 5) is 0. The van der Waals surface area contributed by atoms with Crippen molar-refractivity contribution in [2.75, 3.05) is 6.54 Å². The summed E-state index contributed by atoms with van der Waals surface area (Å²) >= 11 is 5.90. The quantitative estimate of drug-likeness (QED) is 0.862. The number of benzene rings is 1. The van der Waals surface area contributed by atoms with Gasteiger partial charge in [-0.1, -0.05) is 17.7 Å². The summed E-state index contributed by atoms with van der Waals surface area (Å²) in [6, 6.07) is 9.55. The second-order valence-electron chi connectivity index (χ2n) is 3.27. The second-order valence-corrected chi connectivity index (χ2v) is 3.71. The number of nitrogens with two attached hydrogens (primary N) is 1. The molecule has 1 aromatic heterocycles. The van der Waals surface area contributed by atoms with Gasteiger partial charge < -0.3 is 5.73 Å². The standard InChI is InChI=1S/C11H12ClN3/c12-9-2-1-3-11(8-9)15-7-5-10(14-15)4-6-13/h1-3,5,7-8H,4,6,13H2. The zero-order chi connectivity index (χ0) is 10.7. The van der Waals surface area contributed by atoms with Gasteiger partial charge in [0.2, 0.25) is 0 Å². The lowest BCUT2D eigenvalue weighted by molar-refractivity contribution is 0.822. The Morgan fingerprint density at radius 2 is 2.20 bits per heavy atom. The molecule has 0 saturated carbocycles. The van der Waals surface area contributed by atoms with Crippen molar-refractivity contribution in [3.05, 3.63) is 47.2 Å². The molecule has 0 amide bonds. The zero-order valence-corrected chi connectivity index (χ0v) is 8.98. The van der Waals surface area contributed by atoms with Crippen molar-refractivity contribution in [3.8, 4) is 5.69 Å². The third-order valence-corrected chi connectivity index (χ3v) is 2.35. The summed E-state index contributed by atoms with van der Waals surface area (Å²) in [5, 5.41) is 5.10. The van der Waals surface area contributed by atoms with E-state index in [0.717, 1.165) is 17.8 Å². The van der Waals surface area contributed by atoms with Crippen LogP contribution in [0.5, 0.6) is 0 Å². The molecular weight excluding hydrogens is 210 g/mol. The molecule has 2 aromatic rings. The summed E-state index contributed by atoms with van der Waals surface area (Å²) in [6.45, 7) is 0.618. The van der Waals surface area contributed by atoms with E-state index in [0.29, 0.717) is 11.6 Å². The Hall–Kier alpha value is -1.32. The molecule has 0 saturated heterocycles. The summed E-state index contributed by atoms with van der Waals surface area (Å²) in [6.07, 6.45) is 2.71. The van der Waals surface area contributed by atoms with Crippen LogP contribution < -0.4 is 5.73 Å². The highest BCUT2D eigenvalue weighted by Gasteiger charge is 2.00. The third-order valence-electron chi connectivity index (χ3n) is 2.12. The fourth-order valence-corrected chi connectivity index (χ4v) is 1.59. The second kappa shape index (κ2) is 4.47. The van der Waals surface area contributed by atoms with Crippen molar-refractivity contribution < 1.29 is 0 Å². The molecule has 4 heteroatoms. The van der Waals surface area contributed by atoms with Crippen molar-refractivity contribution in [2.45, 2.75) is 6.42 Å². The molecule has 0 aliphatic rings. The SMILES string of the molecule is NCCc1ccn(-c2cccc(Cl)c2)n1. The Morgan fingerprint density at radius 1 is 1.33 bits per heavy atom. The summed E-state index contributed by atoms with van der Waals surface area (Å²) in [5.74, 6) is 0. The number of hydrogen-bond acceptors (Lipinski definition) is 2. The van der Waals surface area contributed by atoms with Gasteiger partial charge in [0.05, 0.1) is 11.4 Å². The molecule has 0 unspecified atom stereocenters. The minimum atomic E-state index is 0.618. The topological polar surface area (TPSA) is 43.8 Å². The smallest absolute Gasteiger partial charge is 0.0660 e. The Morgan fingerprint density at radius 3 is 2.93 bits per heavy atom. The average molecular weight is 222 g/mol. The van der Waals surface area contributed by atoms with Crippen LogP contribution in [0.25, 0.3) is 5.69 Å². The van der Waals surface area contributed by atoms with Gasteiger partial charge in [-0.25, -0.2) is 4.68 Å². The molecule has 2 N–H and O–H groups in total. The van der Waals surface area contributed by atoms with Gasteiger partial charge in [0.15, 0.2) is 0 Å². The van der Waals surface area contributed by atoms with E-state index in [1.54, 1.807) is 4.68 Å². The maximum Gasteiger partial charge on any atom is 0.0660 e. The number of hydrogen-bond donors (Lipinski definition) is 1. The van der Waals surface area contributed by atoms with E-state index < -0.39 is 0 Å². The summed E-state index contributed by atoms with van der Waals surface area (Å²) in [5.41, 5.74) is 7.42. The van der Waals surface area contributed by atoms with Crippen LogP contribution >= 0.6 is 11.6 Å². The molecule has 0 fully saturated rings. The van der Waals surface area contributed by atoms with Gasteiger partial charge in [0.1, 0.15) is 0 Å². The molecule has 0 radical (unpaired) electrons. The normalized spacial score (nSPS) is 10.5. The molecule has 0 spiro atoms. The first-order valence-electron chi connectivity index (χ1n) is 4.80. The molecule has 1 heterocycles. The molecule has 0 aliphatic heterocycles. The number of nitrogens with zero attached hydrogens (tertiary/aromatic N) is 2. The Kier molecular flexibility index (Phi) is 3.04. The molecule has 1 aromatic carbocycles. The maximum atomic E-state index is 5.90. The molecule has 0 atom stereocenters. The lowest BCUT2D eigenvalue weighted by Crippen LogP contribution is -2.04. The van der Waals surface area contributed by atoms with Crippen molar-refractivity contribution >= 4 is 11.6 Å². The van der Waals surface area contributed by atoms with Gasteiger partial charge in [-0.05, 0) is 30.8 Å². The molecule has 0 bridgehead atoms. The van der Waals surface area contributed by atoms with Crippen molar-refractivity contribution in [3.63, 3.8) is 0 Å². The first kappa shape index (κ1) is 10.2. The minimum Gasteiger partial charge on any atom is -0.330 e. The van der Waals surface area contributed by atoms with Crippen molar-refractivity contribution in [1.29, 1.82) is 0 Å². The van der Waals surface area contributed by atoms with E-state index in [-0.39, 0.29) is 0 Å². The monoisotopic (exact) mass is 221 g/mol. The summed E-state index contributed by atoms with van der Waals surface area (Å²) in [7, 11) is 0. The largest absolute Gasteiger partial charge is 0.330 e. The molecule has 3 nitrogen and oxygen atoms in total. The highest BCUT2D eigenvalue weighted by molar-refractivity contribution is 6.30. The summed E-state index contributed by atoms with van der Waals surface area (Å²) < 4.78 is 1.80. The average Bonchev–Trinajstić information content (AvgIpc) is 2.67. The van der Waals surface area contributed by atoms with Crippen LogP contribution in [0.1, 0.15) is 5.69 Å². The highest BCUT2D eigenvalue weighted by atomic mass is 35.5. The van der Waals surface area contributed by atoms with E-state index in [9.17, 15) is 0 Å². The number of rotatable bonds is 3. The first-order valence-corrected chi connectivity index (χ1v) is 5.18. The van der Waals surface area contributed by atoms with Crippen LogP contribution in [0.15, 0.2) is 36.5 Å². The molecular formula is C11H12ClN3. The van der Waals surface area contributed by atoms with E-state index in [4.69, 9.17) is 17.3 Å². The third kappa shape index (κ3) is 2.37. The van der Waals surface area contributed by atoms with Crippen molar-refractivity contribution in [2.24, 2.45) is 5.73 Å². The molecule has 78 valence electrons. The number of aromatic nitrogens is 2. The van der Waals surface area contributed by atoms with Crippen LogP contribution in [-0.2, 0) is 6.42 Å². The van der Waals surface area contributed by atoms with Crippen molar-refractivity contribution in [1.82, 2.24) is 9.78 Å². The Bertz CT molecular complexity index is 451. The molecule has 0 aliphatic carbocycles. The van der Waals surface area contributed by atoms with Gasteiger partial charge in [-0.3, -0.25) is 0 Å². The van der Waals surface area contributed by atoms with Gasteiger partial charge in [0.25, 0.3) is 0 Å². The minimum absolute atomic E-state index is 0.618. The van der Waals surface area contributed by atoms with Crippen LogP contribution in [0.4, 0.5) is 0 Å². The van der Waals surface area contributed by atoms with E-state index in [1.807, 2.05) is 36.5 Å². The fourth-order valence-electron chi connectivity index (χ4n) is 1.41. The lowest BCUT2D eigenvalue weighted by atomic mass is 10.3. The lowest BCUT2D eigenvalue weighted by Gasteiger charge is -2.01. The van der Waals surface area contributed by atoms with Crippen LogP contribution in [0.2, 0.25) is 5.02 Å². The van der Waals surface area contributed by atoms with Gasteiger partial charge >= 0.3 is 0 Å². The zero-order valence-electron chi connectivity index (χ0n) is 8.23. The van der Waals surface area contributed by atoms with Gasteiger partial charge in [-0.15, -0.1) is 0 Å². The maximum absolute atomic E-state index is 5.90. The molecule has 2 rings (SSSR count). The van der Waals surface area contributed by atoms with Crippen LogP contribution in [0, 0.1) is 0 Å². The first-order chi connectivity index (χ1) is 7.29. The number of halogens is 1. The van der Waals surface area contributed by atoms with Crippen LogP contribution in [0.3, 0.4) is 0 Å². The highest BCUT2D eigenvalue weighted by Crippen LogP contribution is 2.14. The van der Waals surface area contributed by atoms with Gasteiger partial charge in [-0.2, -0.15) is 5.10 Å².